The molecule has 0 aliphatic carbocycles. The van der Waals surface area contributed by atoms with Crippen LogP contribution in [0.3, 0.4) is 0 Å². The predicted octanol–water partition coefficient (Wildman–Crippen LogP) is 2.78. The zero-order chi connectivity index (χ0) is 10.7. The molecule has 0 aliphatic rings. The van der Waals surface area contributed by atoms with Crippen molar-refractivity contribution in [1.82, 2.24) is 14.8 Å². The van der Waals surface area contributed by atoms with Gasteiger partial charge in [-0.15, -0.1) is 0 Å². The zero-order valence-electron chi connectivity index (χ0n) is 9.09. The Morgan fingerprint density at radius 2 is 2.27 bits per heavy atom. The van der Waals surface area contributed by atoms with Crippen LogP contribution in [0.2, 0.25) is 0 Å². The van der Waals surface area contributed by atoms with Crippen LogP contribution in [0.1, 0.15) is 31.9 Å². The molecule has 0 spiro atoms. The van der Waals surface area contributed by atoms with Gasteiger partial charge in [0.05, 0.1) is 11.9 Å². The van der Waals surface area contributed by atoms with Crippen LogP contribution in [0.5, 0.6) is 0 Å². The van der Waals surface area contributed by atoms with Gasteiger partial charge in [-0.3, -0.25) is 4.98 Å². The van der Waals surface area contributed by atoms with Crippen LogP contribution in [-0.2, 0) is 0 Å². The van der Waals surface area contributed by atoms with E-state index in [9.17, 15) is 0 Å². The molecule has 0 bridgehead atoms. The second kappa shape index (κ2) is 4.26. The summed E-state index contributed by atoms with van der Waals surface area (Å²) in [5.74, 6) is 0.525. The molecule has 15 heavy (non-hydrogen) atoms. The first-order valence-corrected chi connectivity index (χ1v) is 5.27. The molecule has 0 saturated heterocycles. The van der Waals surface area contributed by atoms with Gasteiger partial charge in [0.1, 0.15) is 0 Å². The maximum absolute atomic E-state index is 4.44. The van der Waals surface area contributed by atoms with Crippen molar-refractivity contribution in [3.05, 3.63) is 42.5 Å². The molecule has 0 radical (unpaired) electrons. The van der Waals surface area contributed by atoms with Crippen LogP contribution in [0.25, 0.3) is 5.69 Å². The zero-order valence-corrected chi connectivity index (χ0v) is 9.09. The van der Waals surface area contributed by atoms with Crippen molar-refractivity contribution >= 4 is 0 Å². The third-order valence-electron chi connectivity index (χ3n) is 2.66. The van der Waals surface area contributed by atoms with E-state index < -0.39 is 0 Å². The Morgan fingerprint density at radius 1 is 1.40 bits per heavy atom. The fourth-order valence-corrected chi connectivity index (χ4v) is 1.46. The minimum Gasteiger partial charge on any atom is -0.259 e. The Morgan fingerprint density at radius 3 is 2.80 bits per heavy atom. The second-order valence-electron chi connectivity index (χ2n) is 3.70. The minimum atomic E-state index is 0.525. The maximum Gasteiger partial charge on any atom is 0.0828 e. The summed E-state index contributed by atoms with van der Waals surface area (Å²) in [4.78, 5) is 4.44. The van der Waals surface area contributed by atoms with E-state index in [1.165, 1.54) is 0 Å². The third-order valence-corrected chi connectivity index (χ3v) is 2.66. The molecule has 0 N–H and O–H groups in total. The fraction of sp³-hybridized carbons (Fsp3) is 0.333. The molecule has 0 aliphatic heterocycles. The fourth-order valence-electron chi connectivity index (χ4n) is 1.46. The highest BCUT2D eigenvalue weighted by molar-refractivity contribution is 5.29. The molecule has 2 rings (SSSR count). The van der Waals surface area contributed by atoms with Gasteiger partial charge in [0.25, 0.3) is 0 Å². The van der Waals surface area contributed by atoms with Crippen molar-refractivity contribution in [2.45, 2.75) is 26.2 Å². The van der Waals surface area contributed by atoms with Crippen LogP contribution < -0.4 is 0 Å². The summed E-state index contributed by atoms with van der Waals surface area (Å²) in [7, 11) is 0. The van der Waals surface area contributed by atoms with E-state index in [0.29, 0.717) is 5.92 Å². The highest BCUT2D eigenvalue weighted by Crippen LogP contribution is 2.16. The van der Waals surface area contributed by atoms with Crippen molar-refractivity contribution in [2.75, 3.05) is 0 Å². The lowest BCUT2D eigenvalue weighted by Gasteiger charge is -2.08. The summed E-state index contributed by atoms with van der Waals surface area (Å²) in [6.07, 6.45) is 6.67. The molecular formula is C12H15N3. The summed E-state index contributed by atoms with van der Waals surface area (Å²) < 4.78 is 1.81. The van der Waals surface area contributed by atoms with E-state index in [1.54, 1.807) is 6.20 Å². The molecule has 1 atom stereocenters. The van der Waals surface area contributed by atoms with E-state index in [-0.39, 0.29) is 0 Å². The summed E-state index contributed by atoms with van der Waals surface area (Å²) >= 11 is 0. The lowest BCUT2D eigenvalue weighted by atomic mass is 10.0. The molecular weight excluding hydrogens is 186 g/mol. The molecule has 1 unspecified atom stereocenters. The van der Waals surface area contributed by atoms with Crippen LogP contribution in [-0.4, -0.2) is 14.8 Å². The van der Waals surface area contributed by atoms with Gasteiger partial charge in [-0.05, 0) is 30.5 Å². The third kappa shape index (κ3) is 2.06. The van der Waals surface area contributed by atoms with Gasteiger partial charge in [0.2, 0.25) is 0 Å². The SMILES string of the molecule is CCC(C)c1ccc(-n2cccn2)cn1. The molecule has 3 heteroatoms. The van der Waals surface area contributed by atoms with Crippen molar-refractivity contribution in [3.63, 3.8) is 0 Å². The Bertz CT molecular complexity index is 403. The van der Waals surface area contributed by atoms with Gasteiger partial charge < -0.3 is 0 Å². The Kier molecular flexibility index (Phi) is 2.81. The van der Waals surface area contributed by atoms with Crippen LogP contribution in [0.4, 0.5) is 0 Å². The Labute approximate surface area is 89.8 Å². The van der Waals surface area contributed by atoms with Gasteiger partial charge in [-0.1, -0.05) is 13.8 Å². The number of hydrogen-bond donors (Lipinski definition) is 0. The van der Waals surface area contributed by atoms with Crippen molar-refractivity contribution in [2.24, 2.45) is 0 Å². The second-order valence-corrected chi connectivity index (χ2v) is 3.70. The molecule has 3 nitrogen and oxygen atoms in total. The highest BCUT2D eigenvalue weighted by Gasteiger charge is 2.04. The average molecular weight is 201 g/mol. The number of hydrogen-bond acceptors (Lipinski definition) is 2. The number of pyridine rings is 1. The van der Waals surface area contributed by atoms with Gasteiger partial charge >= 0.3 is 0 Å². The minimum absolute atomic E-state index is 0.525. The van der Waals surface area contributed by atoms with Gasteiger partial charge in [0.15, 0.2) is 0 Å². The molecule has 2 heterocycles. The summed E-state index contributed by atoms with van der Waals surface area (Å²) in [5, 5.41) is 4.16. The van der Waals surface area contributed by atoms with Crippen molar-refractivity contribution < 1.29 is 0 Å². The van der Waals surface area contributed by atoms with Gasteiger partial charge in [-0.25, -0.2) is 4.68 Å². The first-order valence-electron chi connectivity index (χ1n) is 5.27. The summed E-state index contributed by atoms with van der Waals surface area (Å²) in [6.45, 7) is 4.36. The van der Waals surface area contributed by atoms with E-state index in [1.807, 2.05) is 23.1 Å². The van der Waals surface area contributed by atoms with Crippen LogP contribution in [0.15, 0.2) is 36.8 Å². The van der Waals surface area contributed by atoms with Gasteiger partial charge in [-0.2, -0.15) is 5.10 Å². The first-order chi connectivity index (χ1) is 7.31. The Balaban J connectivity index is 2.25. The molecule has 0 fully saturated rings. The average Bonchev–Trinajstić information content (AvgIpc) is 2.82. The molecule has 0 amide bonds. The smallest absolute Gasteiger partial charge is 0.0828 e. The lowest BCUT2D eigenvalue weighted by Crippen LogP contribution is -1.99. The molecule has 78 valence electrons. The van der Waals surface area contributed by atoms with E-state index in [0.717, 1.165) is 17.8 Å². The van der Waals surface area contributed by atoms with E-state index in [2.05, 4.69) is 36.1 Å². The van der Waals surface area contributed by atoms with Crippen LogP contribution >= 0.6 is 0 Å². The normalized spacial score (nSPS) is 12.7. The first kappa shape index (κ1) is 9.90. The molecule has 0 aromatic carbocycles. The topological polar surface area (TPSA) is 30.7 Å². The number of rotatable bonds is 3. The van der Waals surface area contributed by atoms with Crippen LogP contribution in [0, 0.1) is 0 Å². The monoisotopic (exact) mass is 201 g/mol. The van der Waals surface area contributed by atoms with Crippen molar-refractivity contribution in [1.29, 1.82) is 0 Å². The standard InChI is InChI=1S/C12H15N3/c1-3-10(2)12-6-5-11(9-13-12)15-8-4-7-14-15/h4-10H,3H2,1-2H3. The maximum atomic E-state index is 4.44. The highest BCUT2D eigenvalue weighted by atomic mass is 15.3. The largest absolute Gasteiger partial charge is 0.259 e. The molecule has 2 aromatic rings. The van der Waals surface area contributed by atoms with E-state index >= 15 is 0 Å². The molecule has 2 aromatic heterocycles. The quantitative estimate of drug-likeness (QED) is 0.764. The number of nitrogens with zero attached hydrogens (tertiary/aromatic N) is 3. The Hall–Kier alpha value is -1.64. The van der Waals surface area contributed by atoms with E-state index in [4.69, 9.17) is 0 Å². The molecule has 0 saturated carbocycles. The summed E-state index contributed by atoms with van der Waals surface area (Å²) in [5.41, 5.74) is 2.15. The summed E-state index contributed by atoms with van der Waals surface area (Å²) in [6, 6.07) is 6.04. The lowest BCUT2D eigenvalue weighted by molar-refractivity contribution is 0.706. The van der Waals surface area contributed by atoms with Gasteiger partial charge in [0, 0.05) is 18.1 Å². The predicted molar refractivity (Wildman–Crippen MR) is 60.1 cm³/mol. The van der Waals surface area contributed by atoms with Crippen molar-refractivity contribution in [3.8, 4) is 5.69 Å². The number of aromatic nitrogens is 3.